The second-order valence-electron chi connectivity index (χ2n) is 3.34. The van der Waals surface area contributed by atoms with Gasteiger partial charge in [0.25, 0.3) is 0 Å². The van der Waals surface area contributed by atoms with Gasteiger partial charge in [0.15, 0.2) is 0 Å². The molecular weight excluding hydrogens is 276 g/mol. The fourth-order valence-electron chi connectivity index (χ4n) is 1.23. The van der Waals surface area contributed by atoms with Crippen LogP contribution in [0.15, 0.2) is 30.9 Å². The van der Waals surface area contributed by atoms with Crippen molar-refractivity contribution in [1.82, 2.24) is 0 Å². The van der Waals surface area contributed by atoms with Gasteiger partial charge in [0.05, 0.1) is 6.61 Å². The molecule has 0 aliphatic rings. The molecule has 0 radical (unpaired) electrons. The van der Waals surface area contributed by atoms with E-state index in [1.54, 1.807) is 0 Å². The molecule has 0 amide bonds. The number of hydrogen-bond donors (Lipinski definition) is 0. The average Bonchev–Trinajstić information content (AvgIpc) is 2.18. The zero-order valence-electron chi connectivity index (χ0n) is 9.84. The molecule has 0 saturated heterocycles. The van der Waals surface area contributed by atoms with E-state index in [1.807, 2.05) is 31.2 Å². The predicted molar refractivity (Wildman–Crippen MR) is 65.3 cm³/mol. The Morgan fingerprint density at radius 1 is 1.44 bits per heavy atom. The summed E-state index contributed by atoms with van der Waals surface area (Å²) in [6, 6.07) is 8.94. The number of halogens is 1. The van der Waals surface area contributed by atoms with Gasteiger partial charge in [0, 0.05) is 5.75 Å². The first-order chi connectivity index (χ1) is 6.83. The van der Waals surface area contributed by atoms with Crippen molar-refractivity contribution in [2.75, 3.05) is 6.61 Å². The summed E-state index contributed by atoms with van der Waals surface area (Å²) in [5.74, 6) is 0.944. The Bertz CT molecular complexity index is 289. The van der Waals surface area contributed by atoms with Crippen molar-refractivity contribution >= 4 is 23.1 Å². The molecule has 0 aliphatic carbocycles. The van der Waals surface area contributed by atoms with Crippen LogP contribution in [0.4, 0.5) is 0 Å². The topological polar surface area (TPSA) is 9.23 Å². The van der Waals surface area contributed by atoms with Crippen LogP contribution in [0.1, 0.15) is 24.8 Å². The molecule has 1 nitrogen and oxygen atoms in total. The molecule has 0 aromatic heterocycles. The second-order valence-corrected chi connectivity index (χ2v) is 3.34. The van der Waals surface area contributed by atoms with E-state index in [-0.39, 0.29) is 40.0 Å². The predicted octanol–water partition coefficient (Wildman–Crippen LogP) is 0.154. The number of allylic oxidation sites excluding steroid dienone is 1. The van der Waals surface area contributed by atoms with Gasteiger partial charge in [0.2, 0.25) is 0 Å². The third-order valence-electron chi connectivity index (χ3n) is 1.99. The summed E-state index contributed by atoms with van der Waals surface area (Å²) in [5.41, 5.74) is 1.12. The van der Waals surface area contributed by atoms with E-state index in [2.05, 4.69) is 12.6 Å². The summed E-state index contributed by atoms with van der Waals surface area (Å²) in [6.07, 6.45) is 5.26. The molecule has 0 atom stereocenters. The summed E-state index contributed by atoms with van der Waals surface area (Å²) < 4.78 is 5.58. The number of rotatable bonds is 6. The van der Waals surface area contributed by atoms with E-state index in [0.29, 0.717) is 0 Å². The third-order valence-corrected chi connectivity index (χ3v) is 1.99. The van der Waals surface area contributed by atoms with Crippen molar-refractivity contribution in [3.05, 3.63) is 42.5 Å². The Balaban J connectivity index is 0. The summed E-state index contributed by atoms with van der Waals surface area (Å²) in [5, 5.41) is 0. The maximum atomic E-state index is 5.58. The molecular formula is C13H17BrMgO. The van der Waals surface area contributed by atoms with Crippen LogP contribution in [0.3, 0.4) is 0 Å². The summed E-state index contributed by atoms with van der Waals surface area (Å²) in [4.78, 5) is 0. The molecule has 1 rings (SSSR count). The average molecular weight is 293 g/mol. The van der Waals surface area contributed by atoms with Gasteiger partial charge in [0.1, 0.15) is 0 Å². The van der Waals surface area contributed by atoms with Crippen molar-refractivity contribution in [3.63, 3.8) is 0 Å². The van der Waals surface area contributed by atoms with Gasteiger partial charge >= 0.3 is 23.1 Å². The molecule has 0 unspecified atom stereocenters. The van der Waals surface area contributed by atoms with Gasteiger partial charge < -0.3 is 21.7 Å². The first-order valence-electron chi connectivity index (χ1n) is 5.05. The van der Waals surface area contributed by atoms with Crippen molar-refractivity contribution in [2.45, 2.75) is 26.2 Å². The second kappa shape index (κ2) is 11.5. The Kier molecular flexibility index (Phi) is 13.2. The van der Waals surface area contributed by atoms with E-state index in [4.69, 9.17) is 4.74 Å². The molecule has 84 valence electrons. The first kappa shape index (κ1) is 18.4. The maximum absolute atomic E-state index is 5.58. The number of aryl methyl sites for hydroxylation is 1. The van der Waals surface area contributed by atoms with Gasteiger partial charge in [-0.1, -0.05) is 13.0 Å². The van der Waals surface area contributed by atoms with Crippen molar-refractivity contribution in [1.29, 1.82) is 0 Å². The number of hydrogen-bond acceptors (Lipinski definition) is 1. The first-order valence-corrected chi connectivity index (χ1v) is 5.05. The molecule has 0 spiro atoms. The van der Waals surface area contributed by atoms with E-state index >= 15 is 0 Å². The Hall–Kier alpha value is 0.00623. The van der Waals surface area contributed by atoms with Crippen LogP contribution in [0.2, 0.25) is 0 Å². The van der Waals surface area contributed by atoms with Gasteiger partial charge in [-0.25, -0.2) is 0 Å². The maximum Gasteiger partial charge on any atom is 2.00 e. The standard InChI is InChI=1S/C13H17O.BrH.Mg/c1-3-4-5-6-10-14-13-9-7-8-12(2)11-13;;/h3,7,9,11H,1,4-6,10H2,2H3;1H;/q-1;;+2/p-1. The molecule has 1 aromatic rings. The number of unbranched alkanes of at least 4 members (excludes halogenated alkanes) is 2. The van der Waals surface area contributed by atoms with E-state index < -0.39 is 0 Å². The molecule has 16 heavy (non-hydrogen) atoms. The Labute approximate surface area is 125 Å². The SMILES string of the molecule is C=CCCCCOc1cc[c-]c(C)c1.[Br-].[Mg+2]. The van der Waals surface area contributed by atoms with Crippen LogP contribution in [0.25, 0.3) is 0 Å². The van der Waals surface area contributed by atoms with Crippen LogP contribution in [0, 0.1) is 13.0 Å². The molecule has 0 saturated carbocycles. The van der Waals surface area contributed by atoms with Crippen molar-refractivity contribution in [3.8, 4) is 5.75 Å². The van der Waals surface area contributed by atoms with Gasteiger partial charge in [-0.3, -0.25) is 0 Å². The fourth-order valence-corrected chi connectivity index (χ4v) is 1.23. The fraction of sp³-hybridized carbons (Fsp3) is 0.385. The number of benzene rings is 1. The largest absolute Gasteiger partial charge is 2.00 e. The Morgan fingerprint density at radius 2 is 2.19 bits per heavy atom. The van der Waals surface area contributed by atoms with Gasteiger partial charge in [-0.2, -0.15) is 17.7 Å². The molecule has 3 heteroatoms. The Morgan fingerprint density at radius 3 is 2.81 bits per heavy atom. The van der Waals surface area contributed by atoms with Crippen LogP contribution in [-0.2, 0) is 0 Å². The zero-order valence-corrected chi connectivity index (χ0v) is 12.8. The minimum absolute atomic E-state index is 0. The summed E-state index contributed by atoms with van der Waals surface area (Å²) >= 11 is 0. The number of ether oxygens (including phenoxy) is 1. The van der Waals surface area contributed by atoms with E-state index in [0.717, 1.165) is 37.2 Å². The van der Waals surface area contributed by atoms with Crippen LogP contribution in [-0.4, -0.2) is 29.7 Å². The molecule has 0 heterocycles. The molecule has 0 bridgehead atoms. The third kappa shape index (κ3) is 8.19. The molecule has 0 N–H and O–H groups in total. The van der Waals surface area contributed by atoms with Crippen LogP contribution < -0.4 is 21.7 Å². The van der Waals surface area contributed by atoms with Crippen molar-refractivity contribution in [2.24, 2.45) is 0 Å². The molecule has 0 aliphatic heterocycles. The van der Waals surface area contributed by atoms with E-state index in [1.165, 1.54) is 0 Å². The van der Waals surface area contributed by atoms with Crippen molar-refractivity contribution < 1.29 is 21.7 Å². The summed E-state index contributed by atoms with van der Waals surface area (Å²) in [7, 11) is 0. The van der Waals surface area contributed by atoms with Gasteiger partial charge in [-0.15, -0.1) is 18.7 Å². The quantitative estimate of drug-likeness (QED) is 0.314. The minimum atomic E-state index is 0. The van der Waals surface area contributed by atoms with Gasteiger partial charge in [-0.05, 0) is 19.3 Å². The molecule has 0 fully saturated rings. The van der Waals surface area contributed by atoms with Crippen LogP contribution in [0.5, 0.6) is 5.75 Å². The van der Waals surface area contributed by atoms with Crippen LogP contribution >= 0.6 is 0 Å². The zero-order chi connectivity index (χ0) is 10.2. The smallest absolute Gasteiger partial charge is 1.00 e. The normalized spacial score (nSPS) is 8.56. The van der Waals surface area contributed by atoms with E-state index in [9.17, 15) is 0 Å². The monoisotopic (exact) mass is 292 g/mol. The summed E-state index contributed by atoms with van der Waals surface area (Å²) in [6.45, 7) is 6.49. The molecule has 1 aromatic carbocycles. The minimum Gasteiger partial charge on any atom is -1.00 e.